The number of benzene rings is 1. The van der Waals surface area contributed by atoms with Crippen molar-refractivity contribution in [1.82, 2.24) is 0 Å². The monoisotopic (exact) mass is 318 g/mol. The normalized spacial score (nSPS) is 23.4. The van der Waals surface area contributed by atoms with Gasteiger partial charge in [-0.3, -0.25) is 4.72 Å². The van der Waals surface area contributed by atoms with Gasteiger partial charge in [0, 0.05) is 11.7 Å². The summed E-state index contributed by atoms with van der Waals surface area (Å²) in [5, 5.41) is 13.2. The number of hydrogen-bond donors (Lipinski definition) is 3. The van der Waals surface area contributed by atoms with Crippen LogP contribution in [0.5, 0.6) is 0 Å². The molecule has 1 fully saturated rings. The molecule has 7 heteroatoms. The number of aliphatic hydroxyl groups excluding tert-OH is 1. The third kappa shape index (κ3) is 4.54. The quantitative estimate of drug-likeness (QED) is 0.796. The van der Waals surface area contributed by atoms with Crippen LogP contribution >= 0.6 is 11.6 Å². The molecule has 1 saturated carbocycles. The standard InChI is InChI=1S/C13H19ClN2O3S/c1-20(18,19)16-13-7-4-10(8-12(13)14)15-9-2-5-11(17)6-3-9/h4,7-9,11,15-17H,2-3,5-6H2,1H3. The molecular weight excluding hydrogens is 300 g/mol. The van der Waals surface area contributed by atoms with Crippen LogP contribution in [-0.4, -0.2) is 31.9 Å². The van der Waals surface area contributed by atoms with Crippen LogP contribution < -0.4 is 10.0 Å². The number of hydrogen-bond acceptors (Lipinski definition) is 4. The van der Waals surface area contributed by atoms with Crippen molar-refractivity contribution in [1.29, 1.82) is 0 Å². The fourth-order valence-corrected chi connectivity index (χ4v) is 3.20. The van der Waals surface area contributed by atoms with Gasteiger partial charge in [-0.15, -0.1) is 0 Å². The smallest absolute Gasteiger partial charge is 0.229 e. The molecule has 1 aromatic rings. The van der Waals surface area contributed by atoms with E-state index in [-0.39, 0.29) is 6.10 Å². The molecule has 1 aliphatic rings. The van der Waals surface area contributed by atoms with E-state index < -0.39 is 10.0 Å². The lowest BCUT2D eigenvalue weighted by Crippen LogP contribution is -2.28. The minimum atomic E-state index is -3.33. The Hall–Kier alpha value is -0.980. The van der Waals surface area contributed by atoms with Crippen molar-refractivity contribution in [2.45, 2.75) is 37.8 Å². The van der Waals surface area contributed by atoms with Crippen molar-refractivity contribution in [3.8, 4) is 0 Å². The van der Waals surface area contributed by atoms with Crippen molar-refractivity contribution in [3.63, 3.8) is 0 Å². The molecule has 0 amide bonds. The number of aliphatic hydroxyl groups is 1. The number of halogens is 1. The average Bonchev–Trinajstić information content (AvgIpc) is 2.34. The van der Waals surface area contributed by atoms with E-state index in [2.05, 4.69) is 10.0 Å². The molecule has 2 rings (SSSR count). The molecule has 0 saturated heterocycles. The Morgan fingerprint density at radius 2 is 1.90 bits per heavy atom. The first kappa shape index (κ1) is 15.4. The van der Waals surface area contributed by atoms with Crippen molar-refractivity contribution < 1.29 is 13.5 Å². The van der Waals surface area contributed by atoms with Gasteiger partial charge in [-0.25, -0.2) is 8.42 Å². The van der Waals surface area contributed by atoms with Gasteiger partial charge in [0.15, 0.2) is 0 Å². The first-order valence-corrected chi connectivity index (χ1v) is 8.82. The molecule has 0 atom stereocenters. The highest BCUT2D eigenvalue weighted by Crippen LogP contribution is 2.28. The molecule has 20 heavy (non-hydrogen) atoms. The first-order valence-electron chi connectivity index (χ1n) is 6.55. The van der Waals surface area contributed by atoms with Crippen molar-refractivity contribution >= 4 is 33.0 Å². The zero-order chi connectivity index (χ0) is 14.8. The molecule has 3 N–H and O–H groups in total. The summed E-state index contributed by atoms with van der Waals surface area (Å²) in [6.07, 6.45) is 4.35. The van der Waals surface area contributed by atoms with E-state index in [4.69, 9.17) is 11.6 Å². The summed E-state index contributed by atoms with van der Waals surface area (Å²) in [6.45, 7) is 0. The zero-order valence-corrected chi connectivity index (χ0v) is 12.8. The fraction of sp³-hybridized carbons (Fsp3) is 0.538. The molecule has 0 aromatic heterocycles. The van der Waals surface area contributed by atoms with Crippen LogP contribution in [0.1, 0.15) is 25.7 Å². The summed E-state index contributed by atoms with van der Waals surface area (Å²) in [7, 11) is -3.33. The maximum Gasteiger partial charge on any atom is 0.229 e. The molecule has 0 radical (unpaired) electrons. The van der Waals surface area contributed by atoms with E-state index >= 15 is 0 Å². The van der Waals surface area contributed by atoms with Gasteiger partial charge in [0.2, 0.25) is 10.0 Å². The van der Waals surface area contributed by atoms with E-state index in [1.165, 1.54) is 0 Å². The predicted molar refractivity (Wildman–Crippen MR) is 81.8 cm³/mol. The predicted octanol–water partition coefficient (Wildman–Crippen LogP) is 2.43. The highest BCUT2D eigenvalue weighted by atomic mass is 35.5. The molecule has 1 aliphatic carbocycles. The number of anilines is 2. The third-order valence-electron chi connectivity index (χ3n) is 3.33. The Morgan fingerprint density at radius 1 is 1.25 bits per heavy atom. The highest BCUT2D eigenvalue weighted by Gasteiger charge is 2.19. The van der Waals surface area contributed by atoms with Gasteiger partial charge in [0.05, 0.1) is 23.1 Å². The van der Waals surface area contributed by atoms with Gasteiger partial charge < -0.3 is 10.4 Å². The molecule has 0 heterocycles. The van der Waals surface area contributed by atoms with Crippen LogP contribution in [0.25, 0.3) is 0 Å². The maximum atomic E-state index is 11.2. The second-order valence-electron chi connectivity index (χ2n) is 5.22. The second kappa shape index (κ2) is 6.20. The van der Waals surface area contributed by atoms with Crippen LogP contribution in [-0.2, 0) is 10.0 Å². The topological polar surface area (TPSA) is 78.4 Å². The Kier molecular flexibility index (Phi) is 4.78. The van der Waals surface area contributed by atoms with Gasteiger partial charge in [-0.1, -0.05) is 11.6 Å². The van der Waals surface area contributed by atoms with Gasteiger partial charge in [-0.05, 0) is 43.9 Å². The molecule has 0 aliphatic heterocycles. The van der Waals surface area contributed by atoms with Gasteiger partial charge in [0.25, 0.3) is 0 Å². The SMILES string of the molecule is CS(=O)(=O)Nc1ccc(NC2CCC(O)CC2)cc1Cl. The summed E-state index contributed by atoms with van der Waals surface area (Å²) in [5.41, 5.74) is 1.23. The van der Waals surface area contributed by atoms with Gasteiger partial charge in [0.1, 0.15) is 0 Å². The lowest BCUT2D eigenvalue weighted by molar-refractivity contribution is 0.126. The van der Waals surface area contributed by atoms with Crippen molar-refractivity contribution in [3.05, 3.63) is 23.2 Å². The second-order valence-corrected chi connectivity index (χ2v) is 7.37. The van der Waals surface area contributed by atoms with Crippen LogP contribution in [0.15, 0.2) is 18.2 Å². The highest BCUT2D eigenvalue weighted by molar-refractivity contribution is 7.92. The maximum absolute atomic E-state index is 11.2. The van der Waals surface area contributed by atoms with Crippen LogP contribution in [0.3, 0.4) is 0 Å². The third-order valence-corrected chi connectivity index (χ3v) is 4.24. The molecule has 5 nitrogen and oxygen atoms in total. The van der Waals surface area contributed by atoms with Crippen molar-refractivity contribution in [2.75, 3.05) is 16.3 Å². The summed E-state index contributed by atoms with van der Waals surface area (Å²) >= 11 is 6.07. The summed E-state index contributed by atoms with van der Waals surface area (Å²) in [5.74, 6) is 0. The molecular formula is C13H19ClN2O3S. The minimum Gasteiger partial charge on any atom is -0.393 e. The van der Waals surface area contributed by atoms with E-state index in [0.29, 0.717) is 16.8 Å². The lowest BCUT2D eigenvalue weighted by Gasteiger charge is -2.27. The van der Waals surface area contributed by atoms with E-state index in [0.717, 1.165) is 37.6 Å². The average molecular weight is 319 g/mol. The lowest BCUT2D eigenvalue weighted by atomic mass is 9.93. The largest absolute Gasteiger partial charge is 0.393 e. The first-order chi connectivity index (χ1) is 9.33. The molecule has 112 valence electrons. The Bertz CT molecular complexity index is 569. The van der Waals surface area contributed by atoms with E-state index in [1.807, 2.05) is 0 Å². The number of nitrogens with one attached hydrogen (secondary N) is 2. The van der Waals surface area contributed by atoms with Gasteiger partial charge in [-0.2, -0.15) is 0 Å². The Labute approximate surface area is 124 Å². The minimum absolute atomic E-state index is 0.182. The molecule has 0 spiro atoms. The molecule has 1 aromatic carbocycles. The Morgan fingerprint density at radius 3 is 2.45 bits per heavy atom. The summed E-state index contributed by atoms with van der Waals surface area (Å²) < 4.78 is 24.7. The van der Waals surface area contributed by atoms with Gasteiger partial charge >= 0.3 is 0 Å². The number of rotatable bonds is 4. The summed E-state index contributed by atoms with van der Waals surface area (Å²) in [4.78, 5) is 0. The Balaban J connectivity index is 2.02. The van der Waals surface area contributed by atoms with E-state index in [9.17, 15) is 13.5 Å². The van der Waals surface area contributed by atoms with Crippen molar-refractivity contribution in [2.24, 2.45) is 0 Å². The molecule has 0 unspecified atom stereocenters. The van der Waals surface area contributed by atoms with Crippen LogP contribution in [0.4, 0.5) is 11.4 Å². The summed E-state index contributed by atoms with van der Waals surface area (Å²) in [6, 6.07) is 5.47. The fourth-order valence-electron chi connectivity index (χ4n) is 2.34. The van der Waals surface area contributed by atoms with Crippen LogP contribution in [0, 0.1) is 0 Å². The van der Waals surface area contributed by atoms with E-state index in [1.54, 1.807) is 18.2 Å². The van der Waals surface area contributed by atoms with Crippen LogP contribution in [0.2, 0.25) is 5.02 Å². The number of sulfonamides is 1. The zero-order valence-electron chi connectivity index (χ0n) is 11.3. The molecule has 0 bridgehead atoms.